The Morgan fingerprint density at radius 2 is 2.39 bits per heavy atom. The summed E-state index contributed by atoms with van der Waals surface area (Å²) in [6.45, 7) is 6.44. The Labute approximate surface area is 115 Å². The molecule has 0 radical (unpaired) electrons. The fraction of sp³-hybridized carbons (Fsp3) is 0.667. The van der Waals surface area contributed by atoms with Crippen molar-refractivity contribution in [3.05, 3.63) is 15.9 Å². The maximum atomic E-state index is 11.1. The lowest BCUT2D eigenvalue weighted by atomic mass is 10.1. The molecule has 2 heterocycles. The molecule has 0 saturated carbocycles. The summed E-state index contributed by atoms with van der Waals surface area (Å²) in [6, 6.07) is 0.357. The molecule has 5 nitrogen and oxygen atoms in total. The lowest BCUT2D eigenvalue weighted by Crippen LogP contribution is -2.45. The van der Waals surface area contributed by atoms with E-state index in [-0.39, 0.29) is 5.91 Å². The summed E-state index contributed by atoms with van der Waals surface area (Å²) in [5, 5.41) is 10.8. The number of rotatable bonds is 4. The predicted octanol–water partition coefficient (Wildman–Crippen LogP) is 1.34. The van der Waals surface area contributed by atoms with Crippen molar-refractivity contribution in [1.82, 2.24) is 20.4 Å². The van der Waals surface area contributed by atoms with Gasteiger partial charge in [0, 0.05) is 32.1 Å². The third-order valence-corrected chi connectivity index (χ3v) is 4.31. The smallest absolute Gasteiger partial charge is 0.220 e. The van der Waals surface area contributed by atoms with Crippen LogP contribution in [-0.4, -0.2) is 28.3 Å². The van der Waals surface area contributed by atoms with Crippen LogP contribution >= 0.6 is 15.9 Å². The summed E-state index contributed by atoms with van der Waals surface area (Å²) < 4.78 is 3.09. The average Bonchev–Trinajstić information content (AvgIpc) is 2.65. The Hall–Kier alpha value is -0.880. The van der Waals surface area contributed by atoms with Gasteiger partial charge in [-0.2, -0.15) is 5.10 Å². The molecule has 1 aromatic heterocycles. The molecule has 1 amide bonds. The number of nitrogens with one attached hydrogen (secondary N) is 2. The molecule has 0 aliphatic carbocycles. The van der Waals surface area contributed by atoms with Gasteiger partial charge in [0.05, 0.1) is 15.9 Å². The number of piperidine rings is 1. The van der Waals surface area contributed by atoms with Gasteiger partial charge in [-0.15, -0.1) is 0 Å². The summed E-state index contributed by atoms with van der Waals surface area (Å²) in [5.74, 6) is 0.156. The summed E-state index contributed by atoms with van der Waals surface area (Å²) in [6.07, 6.45) is 1.52. The number of aryl methyl sites for hydroxylation is 2. The predicted molar refractivity (Wildman–Crippen MR) is 73.2 cm³/mol. The number of nitrogens with zero attached hydrogens (tertiary/aromatic N) is 2. The Balaban J connectivity index is 1.95. The highest BCUT2D eigenvalue weighted by atomic mass is 79.9. The molecule has 1 atom stereocenters. The summed E-state index contributed by atoms with van der Waals surface area (Å²) in [5.41, 5.74) is 2.19. The number of aromatic nitrogens is 2. The van der Waals surface area contributed by atoms with Crippen molar-refractivity contribution in [2.75, 3.05) is 6.54 Å². The van der Waals surface area contributed by atoms with Crippen molar-refractivity contribution in [1.29, 1.82) is 0 Å². The van der Waals surface area contributed by atoms with E-state index in [0.29, 0.717) is 12.5 Å². The first kappa shape index (κ1) is 13.5. The zero-order valence-corrected chi connectivity index (χ0v) is 12.4. The van der Waals surface area contributed by atoms with Crippen LogP contribution < -0.4 is 10.6 Å². The molecule has 1 aromatic rings. The van der Waals surface area contributed by atoms with Gasteiger partial charge in [-0.3, -0.25) is 9.48 Å². The van der Waals surface area contributed by atoms with Gasteiger partial charge in [0.25, 0.3) is 0 Å². The third-order valence-electron chi connectivity index (χ3n) is 3.28. The molecule has 100 valence electrons. The van der Waals surface area contributed by atoms with Gasteiger partial charge < -0.3 is 10.6 Å². The lowest BCUT2D eigenvalue weighted by Gasteiger charge is -2.23. The normalized spacial score (nSPS) is 19.9. The van der Waals surface area contributed by atoms with Crippen LogP contribution in [0.1, 0.15) is 31.2 Å². The summed E-state index contributed by atoms with van der Waals surface area (Å²) in [7, 11) is 0. The monoisotopic (exact) mass is 314 g/mol. The number of amides is 1. The largest absolute Gasteiger partial charge is 0.355 e. The molecule has 1 aliphatic heterocycles. The number of hydrogen-bond acceptors (Lipinski definition) is 3. The van der Waals surface area contributed by atoms with Crippen LogP contribution in [0, 0.1) is 6.92 Å². The minimum atomic E-state index is 0.156. The molecule has 18 heavy (non-hydrogen) atoms. The van der Waals surface area contributed by atoms with Crippen molar-refractivity contribution >= 4 is 21.8 Å². The Kier molecular flexibility index (Phi) is 4.40. The quantitative estimate of drug-likeness (QED) is 0.882. The first-order valence-electron chi connectivity index (χ1n) is 6.33. The van der Waals surface area contributed by atoms with Crippen molar-refractivity contribution in [2.45, 2.75) is 45.8 Å². The highest BCUT2D eigenvalue weighted by Crippen LogP contribution is 2.21. The third kappa shape index (κ3) is 2.92. The maximum absolute atomic E-state index is 11.1. The van der Waals surface area contributed by atoms with Crippen LogP contribution in [0.25, 0.3) is 0 Å². The molecule has 0 aromatic carbocycles. The second-order valence-electron chi connectivity index (χ2n) is 4.58. The van der Waals surface area contributed by atoms with E-state index in [1.54, 1.807) is 0 Å². The molecular weight excluding hydrogens is 296 g/mol. The zero-order chi connectivity index (χ0) is 13.1. The van der Waals surface area contributed by atoms with Crippen molar-refractivity contribution in [3.63, 3.8) is 0 Å². The molecule has 1 saturated heterocycles. The Morgan fingerprint density at radius 1 is 1.61 bits per heavy atom. The molecule has 0 bridgehead atoms. The van der Waals surface area contributed by atoms with Crippen LogP contribution in [0.4, 0.5) is 0 Å². The molecule has 1 unspecified atom stereocenters. The van der Waals surface area contributed by atoms with E-state index in [2.05, 4.69) is 38.6 Å². The van der Waals surface area contributed by atoms with E-state index < -0.39 is 0 Å². The van der Waals surface area contributed by atoms with Gasteiger partial charge in [0.2, 0.25) is 5.91 Å². The molecular formula is C12H19BrN4O. The zero-order valence-electron chi connectivity index (χ0n) is 10.8. The van der Waals surface area contributed by atoms with E-state index in [0.717, 1.165) is 36.2 Å². The van der Waals surface area contributed by atoms with Crippen LogP contribution in [0.3, 0.4) is 0 Å². The van der Waals surface area contributed by atoms with Crippen molar-refractivity contribution in [3.8, 4) is 0 Å². The Bertz CT molecular complexity index is 434. The molecule has 1 fully saturated rings. The fourth-order valence-corrected chi connectivity index (χ4v) is 2.61. The summed E-state index contributed by atoms with van der Waals surface area (Å²) >= 11 is 3.58. The first-order valence-corrected chi connectivity index (χ1v) is 7.13. The average molecular weight is 315 g/mol. The first-order chi connectivity index (χ1) is 8.61. The van der Waals surface area contributed by atoms with Crippen molar-refractivity contribution < 1.29 is 4.79 Å². The minimum Gasteiger partial charge on any atom is -0.355 e. The van der Waals surface area contributed by atoms with E-state index in [9.17, 15) is 4.79 Å². The second kappa shape index (κ2) is 5.84. The van der Waals surface area contributed by atoms with Gasteiger partial charge in [-0.25, -0.2) is 0 Å². The SMILES string of the molecule is CCn1nc(C)c(Br)c1CNC1CCC(=O)NC1. The van der Waals surface area contributed by atoms with Gasteiger partial charge >= 0.3 is 0 Å². The molecule has 6 heteroatoms. The van der Waals surface area contributed by atoms with Gasteiger partial charge in [0.1, 0.15) is 0 Å². The molecule has 0 spiro atoms. The Morgan fingerprint density at radius 3 is 3.00 bits per heavy atom. The minimum absolute atomic E-state index is 0.156. The number of halogens is 1. The molecule has 2 N–H and O–H groups in total. The van der Waals surface area contributed by atoms with E-state index >= 15 is 0 Å². The lowest BCUT2D eigenvalue weighted by molar-refractivity contribution is -0.122. The molecule has 1 aliphatic rings. The van der Waals surface area contributed by atoms with Gasteiger partial charge in [0.15, 0.2) is 0 Å². The van der Waals surface area contributed by atoms with E-state index in [1.165, 1.54) is 5.69 Å². The molecule has 2 rings (SSSR count). The van der Waals surface area contributed by atoms with Crippen LogP contribution in [0.2, 0.25) is 0 Å². The van der Waals surface area contributed by atoms with Gasteiger partial charge in [-0.1, -0.05) is 0 Å². The number of hydrogen-bond donors (Lipinski definition) is 2. The van der Waals surface area contributed by atoms with Gasteiger partial charge in [-0.05, 0) is 36.2 Å². The fourth-order valence-electron chi connectivity index (χ4n) is 2.19. The van der Waals surface area contributed by atoms with E-state index in [4.69, 9.17) is 0 Å². The number of carbonyl (C=O) groups excluding carboxylic acids is 1. The topological polar surface area (TPSA) is 59.0 Å². The number of carbonyl (C=O) groups is 1. The van der Waals surface area contributed by atoms with Crippen LogP contribution in [0.15, 0.2) is 4.47 Å². The summed E-state index contributed by atoms with van der Waals surface area (Å²) in [4.78, 5) is 11.1. The van der Waals surface area contributed by atoms with Crippen molar-refractivity contribution in [2.24, 2.45) is 0 Å². The van der Waals surface area contributed by atoms with Crippen LogP contribution in [0.5, 0.6) is 0 Å². The highest BCUT2D eigenvalue weighted by Gasteiger charge is 2.19. The van der Waals surface area contributed by atoms with Crippen LogP contribution in [-0.2, 0) is 17.9 Å². The highest BCUT2D eigenvalue weighted by molar-refractivity contribution is 9.10. The standard InChI is InChI=1S/C12H19BrN4O/c1-3-17-10(12(13)8(2)16-17)7-14-9-4-5-11(18)15-6-9/h9,14H,3-7H2,1-2H3,(H,15,18). The second-order valence-corrected chi connectivity index (χ2v) is 5.38. The maximum Gasteiger partial charge on any atom is 0.220 e. The van der Waals surface area contributed by atoms with E-state index in [1.807, 2.05) is 11.6 Å².